The number of non-ortho nitro benzene ring substituents is 1. The monoisotopic (exact) mass is 334 g/mol. The van der Waals surface area contributed by atoms with E-state index < -0.39 is 16.3 Å². The van der Waals surface area contributed by atoms with Crippen LogP contribution in [0.4, 0.5) is 5.69 Å². The van der Waals surface area contributed by atoms with Crippen LogP contribution in [-0.4, -0.2) is 28.5 Å². The highest BCUT2D eigenvalue weighted by atomic mass is 16.6. The molecule has 1 aromatic rings. The number of rotatable bonds is 9. The van der Waals surface area contributed by atoms with Gasteiger partial charge in [-0.15, -0.1) is 0 Å². The highest BCUT2D eigenvalue weighted by Crippen LogP contribution is 2.44. The first kappa shape index (κ1) is 17.9. The fourth-order valence-corrected chi connectivity index (χ4v) is 2.91. The molecule has 0 saturated heterocycles. The van der Waals surface area contributed by atoms with Crippen LogP contribution in [0.3, 0.4) is 0 Å². The van der Waals surface area contributed by atoms with Crippen molar-refractivity contribution in [1.82, 2.24) is 5.32 Å². The molecule has 1 saturated carbocycles. The summed E-state index contributed by atoms with van der Waals surface area (Å²) in [7, 11) is 0. The minimum atomic E-state index is -0.873. The first-order chi connectivity index (χ1) is 11.4. The molecule has 0 unspecified atom stereocenters. The van der Waals surface area contributed by atoms with Gasteiger partial charge in [0, 0.05) is 25.1 Å². The summed E-state index contributed by atoms with van der Waals surface area (Å²) < 4.78 is 0. The first-order valence-corrected chi connectivity index (χ1v) is 8.16. The van der Waals surface area contributed by atoms with E-state index in [9.17, 15) is 24.8 Å². The predicted octanol–water partition coefficient (Wildman–Crippen LogP) is 2.68. The Morgan fingerprint density at radius 2 is 1.88 bits per heavy atom. The van der Waals surface area contributed by atoms with Crippen LogP contribution in [-0.2, 0) is 16.0 Å². The number of aryl methyl sites for hydroxylation is 1. The number of aliphatic carboxylic acids is 1. The van der Waals surface area contributed by atoms with E-state index in [1.54, 1.807) is 12.1 Å². The summed E-state index contributed by atoms with van der Waals surface area (Å²) in [5.74, 6) is -1.07. The summed E-state index contributed by atoms with van der Waals surface area (Å²) in [5, 5.41) is 22.6. The molecule has 7 nitrogen and oxygen atoms in total. The number of hydrogen-bond donors (Lipinski definition) is 2. The van der Waals surface area contributed by atoms with Gasteiger partial charge in [0.25, 0.3) is 5.69 Å². The third-order valence-electron chi connectivity index (χ3n) is 4.62. The van der Waals surface area contributed by atoms with Crippen molar-refractivity contribution in [3.8, 4) is 0 Å². The van der Waals surface area contributed by atoms with Crippen LogP contribution >= 0.6 is 0 Å². The second-order valence-corrected chi connectivity index (χ2v) is 6.35. The van der Waals surface area contributed by atoms with Crippen molar-refractivity contribution >= 4 is 17.6 Å². The molecule has 0 bridgehead atoms. The Kier molecular flexibility index (Phi) is 5.89. The molecule has 2 N–H and O–H groups in total. The van der Waals surface area contributed by atoms with E-state index in [0.29, 0.717) is 19.4 Å². The topological polar surface area (TPSA) is 110 Å². The number of benzene rings is 1. The Balaban J connectivity index is 1.63. The maximum absolute atomic E-state index is 11.9. The summed E-state index contributed by atoms with van der Waals surface area (Å²) in [5.41, 5.74) is 0.253. The number of nitrogens with one attached hydrogen (secondary N) is 1. The lowest BCUT2D eigenvalue weighted by Crippen LogP contribution is -2.42. The Hall–Kier alpha value is -2.44. The van der Waals surface area contributed by atoms with E-state index in [1.165, 1.54) is 12.1 Å². The van der Waals surface area contributed by atoms with Gasteiger partial charge in [-0.25, -0.2) is 0 Å². The van der Waals surface area contributed by atoms with Gasteiger partial charge < -0.3 is 10.4 Å². The molecule has 0 aliphatic heterocycles. The van der Waals surface area contributed by atoms with Crippen molar-refractivity contribution in [3.05, 3.63) is 39.9 Å². The molecule has 1 amide bonds. The highest BCUT2D eigenvalue weighted by Gasteiger charge is 2.45. The largest absolute Gasteiger partial charge is 0.481 e. The summed E-state index contributed by atoms with van der Waals surface area (Å²) in [6, 6.07) is 6.45. The van der Waals surface area contributed by atoms with Gasteiger partial charge in [-0.1, -0.05) is 18.6 Å². The smallest absolute Gasteiger partial charge is 0.310 e. The van der Waals surface area contributed by atoms with Gasteiger partial charge >= 0.3 is 5.97 Å². The van der Waals surface area contributed by atoms with Crippen LogP contribution < -0.4 is 5.32 Å². The summed E-state index contributed by atoms with van der Waals surface area (Å²) in [6.07, 6.45) is 4.50. The molecule has 2 rings (SSSR count). The number of carboxylic acids is 1. The summed E-state index contributed by atoms with van der Waals surface area (Å²) in [4.78, 5) is 33.2. The quantitative estimate of drug-likeness (QED) is 0.410. The Morgan fingerprint density at radius 1 is 1.21 bits per heavy atom. The van der Waals surface area contributed by atoms with Gasteiger partial charge in [-0.2, -0.15) is 0 Å². The van der Waals surface area contributed by atoms with Gasteiger partial charge in [0.05, 0.1) is 10.3 Å². The first-order valence-electron chi connectivity index (χ1n) is 8.16. The molecule has 1 aliphatic carbocycles. The van der Waals surface area contributed by atoms with Crippen LogP contribution in [0, 0.1) is 15.5 Å². The number of nitro groups is 1. The number of unbranched alkanes of at least 4 members (excludes halogenated alkanes) is 1. The minimum Gasteiger partial charge on any atom is -0.481 e. The van der Waals surface area contributed by atoms with E-state index in [1.807, 2.05) is 0 Å². The number of nitrogens with zero attached hydrogens (tertiary/aromatic N) is 1. The normalized spacial score (nSPS) is 15.3. The molecule has 0 radical (unpaired) electrons. The summed E-state index contributed by atoms with van der Waals surface area (Å²) >= 11 is 0. The molecule has 7 heteroatoms. The lowest BCUT2D eigenvalue weighted by atomic mass is 9.66. The molecular weight excluding hydrogens is 312 g/mol. The van der Waals surface area contributed by atoms with Crippen LogP contribution in [0.15, 0.2) is 24.3 Å². The van der Waals surface area contributed by atoms with Gasteiger partial charge in [0.1, 0.15) is 0 Å². The molecule has 0 heterocycles. The number of carboxylic acid groups (broad SMARTS) is 1. The number of hydrogen-bond acceptors (Lipinski definition) is 4. The van der Waals surface area contributed by atoms with Crippen LogP contribution in [0.1, 0.15) is 44.1 Å². The molecule has 1 aliphatic rings. The zero-order valence-corrected chi connectivity index (χ0v) is 13.5. The van der Waals surface area contributed by atoms with Crippen LogP contribution in [0.25, 0.3) is 0 Å². The summed E-state index contributed by atoms with van der Waals surface area (Å²) in [6.45, 7) is 0.515. The van der Waals surface area contributed by atoms with Gasteiger partial charge in [-0.3, -0.25) is 19.7 Å². The highest BCUT2D eigenvalue weighted by molar-refractivity contribution is 5.85. The lowest BCUT2D eigenvalue weighted by Gasteiger charge is -2.36. The average Bonchev–Trinajstić information content (AvgIpc) is 2.50. The average molecular weight is 334 g/mol. The van der Waals surface area contributed by atoms with Crippen LogP contribution in [0.5, 0.6) is 0 Å². The van der Waals surface area contributed by atoms with Crippen molar-refractivity contribution in [2.75, 3.05) is 6.54 Å². The zero-order valence-electron chi connectivity index (χ0n) is 13.5. The van der Waals surface area contributed by atoms with E-state index in [2.05, 4.69) is 5.32 Å². The molecule has 0 aromatic heterocycles. The van der Waals surface area contributed by atoms with Gasteiger partial charge in [-0.05, 0) is 37.7 Å². The second kappa shape index (κ2) is 7.90. The maximum Gasteiger partial charge on any atom is 0.310 e. The number of carbonyl (C=O) groups excluding carboxylic acids is 1. The molecule has 0 atom stereocenters. The Bertz CT molecular complexity index is 608. The van der Waals surface area contributed by atoms with Crippen molar-refractivity contribution < 1.29 is 19.6 Å². The standard InChI is InChI=1S/C17H22N2O5/c20-15(12-17(16(21)22)9-3-10-17)18-11-2-1-4-13-5-7-14(8-6-13)19(23)24/h5-8H,1-4,9-12H2,(H,18,20)(H,21,22). The molecule has 130 valence electrons. The van der Waals surface area contributed by atoms with Gasteiger partial charge in [0.15, 0.2) is 0 Å². The van der Waals surface area contributed by atoms with Gasteiger partial charge in [0.2, 0.25) is 5.91 Å². The molecule has 1 fully saturated rings. The van der Waals surface area contributed by atoms with Crippen molar-refractivity contribution in [2.45, 2.75) is 44.9 Å². The molecule has 1 aromatic carbocycles. The third kappa shape index (κ3) is 4.53. The predicted molar refractivity (Wildman–Crippen MR) is 87.6 cm³/mol. The SMILES string of the molecule is O=C(CC1(C(=O)O)CCC1)NCCCCc1ccc([N+](=O)[O-])cc1. The second-order valence-electron chi connectivity index (χ2n) is 6.35. The fraction of sp³-hybridized carbons (Fsp3) is 0.529. The Labute approximate surface area is 140 Å². The Morgan fingerprint density at radius 3 is 2.38 bits per heavy atom. The van der Waals surface area contributed by atoms with Crippen molar-refractivity contribution in [1.29, 1.82) is 0 Å². The minimum absolute atomic E-state index is 0.0602. The van der Waals surface area contributed by atoms with E-state index in [0.717, 1.165) is 31.2 Å². The van der Waals surface area contributed by atoms with Crippen molar-refractivity contribution in [3.63, 3.8) is 0 Å². The molecule has 24 heavy (non-hydrogen) atoms. The molecular formula is C17H22N2O5. The fourth-order valence-electron chi connectivity index (χ4n) is 2.91. The van der Waals surface area contributed by atoms with Crippen molar-refractivity contribution in [2.24, 2.45) is 5.41 Å². The maximum atomic E-state index is 11.9. The van der Waals surface area contributed by atoms with E-state index in [-0.39, 0.29) is 18.0 Å². The van der Waals surface area contributed by atoms with E-state index in [4.69, 9.17) is 0 Å². The van der Waals surface area contributed by atoms with Crippen LogP contribution in [0.2, 0.25) is 0 Å². The molecule has 0 spiro atoms. The third-order valence-corrected chi connectivity index (χ3v) is 4.62. The number of nitro benzene ring substituents is 1. The number of amides is 1. The number of carbonyl (C=O) groups is 2. The van der Waals surface area contributed by atoms with E-state index >= 15 is 0 Å². The zero-order chi connectivity index (χ0) is 17.6. The lowest BCUT2D eigenvalue weighted by molar-refractivity contribution is -0.384.